The number of hydrogen-bond donors (Lipinski definition) is 1. The molecule has 1 heteroatoms. The van der Waals surface area contributed by atoms with E-state index in [0.717, 1.165) is 4.90 Å². The zero-order chi connectivity index (χ0) is 10.3. The van der Waals surface area contributed by atoms with Crippen LogP contribution >= 0.6 is 12.6 Å². The van der Waals surface area contributed by atoms with Crippen LogP contribution in [0.1, 0.15) is 0 Å². The van der Waals surface area contributed by atoms with E-state index in [1.807, 2.05) is 6.07 Å². The van der Waals surface area contributed by atoms with Gasteiger partial charge < -0.3 is 0 Å². The van der Waals surface area contributed by atoms with Crippen LogP contribution in [0.25, 0.3) is 21.5 Å². The summed E-state index contributed by atoms with van der Waals surface area (Å²) in [5, 5.41) is 5.09. The van der Waals surface area contributed by atoms with Gasteiger partial charge in [0.1, 0.15) is 0 Å². The molecule has 0 atom stereocenters. The van der Waals surface area contributed by atoms with Crippen molar-refractivity contribution in [3.05, 3.63) is 54.6 Å². The molecule has 0 unspecified atom stereocenters. The highest BCUT2D eigenvalue weighted by Crippen LogP contribution is 2.24. The van der Waals surface area contributed by atoms with Crippen LogP contribution in [0.3, 0.4) is 0 Å². The van der Waals surface area contributed by atoms with Gasteiger partial charge in [-0.2, -0.15) is 0 Å². The molecule has 0 bridgehead atoms. The van der Waals surface area contributed by atoms with Gasteiger partial charge in [0.05, 0.1) is 0 Å². The number of fused-ring (bicyclic) bond motifs is 2. The highest BCUT2D eigenvalue weighted by molar-refractivity contribution is 7.80. The molecule has 0 spiro atoms. The smallest absolute Gasteiger partial charge is 0.00463 e. The molecule has 0 aliphatic heterocycles. The summed E-state index contributed by atoms with van der Waals surface area (Å²) in [5.41, 5.74) is 0. The van der Waals surface area contributed by atoms with Crippen LogP contribution in [0.4, 0.5) is 0 Å². The summed E-state index contributed by atoms with van der Waals surface area (Å²) in [5.74, 6) is 0. The van der Waals surface area contributed by atoms with Gasteiger partial charge in [-0.1, -0.05) is 30.3 Å². The van der Waals surface area contributed by atoms with Gasteiger partial charge in [-0.25, -0.2) is 0 Å². The maximum absolute atomic E-state index is 4.35. The Morgan fingerprint density at radius 1 is 0.600 bits per heavy atom. The van der Waals surface area contributed by atoms with Gasteiger partial charge in [-0.3, -0.25) is 0 Å². The first-order valence-corrected chi connectivity index (χ1v) is 5.39. The van der Waals surface area contributed by atoms with E-state index in [1.54, 1.807) is 0 Å². The summed E-state index contributed by atoms with van der Waals surface area (Å²) < 4.78 is 0. The third-order valence-electron chi connectivity index (χ3n) is 2.69. The van der Waals surface area contributed by atoms with E-state index in [9.17, 15) is 0 Å². The number of rotatable bonds is 0. The zero-order valence-electron chi connectivity index (χ0n) is 8.14. The first-order chi connectivity index (χ1) is 7.33. The Kier molecular flexibility index (Phi) is 1.93. The first kappa shape index (κ1) is 8.81. The molecular weight excluding hydrogens is 200 g/mol. The van der Waals surface area contributed by atoms with Crippen molar-refractivity contribution in [1.82, 2.24) is 0 Å². The molecule has 0 nitrogen and oxygen atoms in total. The number of benzene rings is 3. The Morgan fingerprint density at radius 2 is 1.20 bits per heavy atom. The lowest BCUT2D eigenvalue weighted by Crippen LogP contribution is -1.76. The topological polar surface area (TPSA) is 0 Å². The predicted octanol–water partition coefficient (Wildman–Crippen LogP) is 4.28. The lowest BCUT2D eigenvalue weighted by atomic mass is 10.0. The Labute approximate surface area is 93.9 Å². The van der Waals surface area contributed by atoms with Crippen LogP contribution in [0.5, 0.6) is 0 Å². The summed E-state index contributed by atoms with van der Waals surface area (Å²) in [6, 6.07) is 19.1. The molecular formula is C14H10S. The molecule has 0 aliphatic carbocycles. The van der Waals surface area contributed by atoms with Gasteiger partial charge in [0.25, 0.3) is 0 Å². The molecule has 0 radical (unpaired) electrons. The van der Waals surface area contributed by atoms with Gasteiger partial charge in [-0.15, -0.1) is 12.6 Å². The van der Waals surface area contributed by atoms with Crippen molar-refractivity contribution in [3.8, 4) is 0 Å². The fourth-order valence-corrected chi connectivity index (χ4v) is 2.14. The zero-order valence-corrected chi connectivity index (χ0v) is 9.04. The molecule has 0 aliphatic rings. The Bertz CT molecular complexity index is 641. The molecule has 0 fully saturated rings. The summed E-state index contributed by atoms with van der Waals surface area (Å²) >= 11 is 4.35. The molecule has 0 saturated carbocycles. The molecule has 72 valence electrons. The van der Waals surface area contributed by atoms with Crippen molar-refractivity contribution in [2.24, 2.45) is 0 Å². The SMILES string of the molecule is Sc1ccc2cc3ccccc3cc2c1. The van der Waals surface area contributed by atoms with Crippen molar-refractivity contribution in [2.45, 2.75) is 4.90 Å². The normalized spacial score (nSPS) is 11.0. The molecule has 0 N–H and O–H groups in total. The minimum atomic E-state index is 1.01. The molecule has 0 heterocycles. The molecule has 15 heavy (non-hydrogen) atoms. The van der Waals surface area contributed by atoms with Gasteiger partial charge in [0.15, 0.2) is 0 Å². The van der Waals surface area contributed by atoms with Crippen LogP contribution in [0.2, 0.25) is 0 Å². The molecule has 3 aromatic carbocycles. The van der Waals surface area contributed by atoms with Gasteiger partial charge >= 0.3 is 0 Å². The van der Waals surface area contributed by atoms with Crippen molar-refractivity contribution < 1.29 is 0 Å². The summed E-state index contributed by atoms with van der Waals surface area (Å²) in [7, 11) is 0. The molecule has 0 aromatic heterocycles. The highest BCUT2D eigenvalue weighted by Gasteiger charge is 1.97. The fraction of sp³-hybridized carbons (Fsp3) is 0. The van der Waals surface area contributed by atoms with Crippen LogP contribution in [-0.4, -0.2) is 0 Å². The van der Waals surface area contributed by atoms with Crippen LogP contribution in [0, 0.1) is 0 Å². The quantitative estimate of drug-likeness (QED) is 0.415. The largest absolute Gasteiger partial charge is 0.143 e. The van der Waals surface area contributed by atoms with Crippen LogP contribution < -0.4 is 0 Å². The average molecular weight is 210 g/mol. The molecule has 3 rings (SSSR count). The summed E-state index contributed by atoms with van der Waals surface area (Å²) in [4.78, 5) is 1.01. The van der Waals surface area contributed by atoms with E-state index in [-0.39, 0.29) is 0 Å². The predicted molar refractivity (Wildman–Crippen MR) is 68.7 cm³/mol. The lowest BCUT2D eigenvalue weighted by molar-refractivity contribution is 1.53. The van der Waals surface area contributed by atoms with E-state index in [0.29, 0.717) is 0 Å². The average Bonchev–Trinajstić information content (AvgIpc) is 2.26. The second-order valence-corrected chi connectivity index (χ2v) is 4.25. The molecule has 3 aromatic rings. The fourth-order valence-electron chi connectivity index (χ4n) is 1.93. The second kappa shape index (κ2) is 3.28. The van der Waals surface area contributed by atoms with E-state index in [1.165, 1.54) is 21.5 Å². The molecule has 0 saturated heterocycles. The Balaban J connectivity index is 2.47. The van der Waals surface area contributed by atoms with Crippen LogP contribution in [-0.2, 0) is 0 Å². The van der Waals surface area contributed by atoms with E-state index >= 15 is 0 Å². The third kappa shape index (κ3) is 1.49. The number of hydrogen-bond acceptors (Lipinski definition) is 1. The molecule has 0 amide bonds. The summed E-state index contributed by atoms with van der Waals surface area (Å²) in [6.07, 6.45) is 0. The lowest BCUT2D eigenvalue weighted by Gasteiger charge is -2.02. The highest BCUT2D eigenvalue weighted by atomic mass is 32.1. The van der Waals surface area contributed by atoms with Gasteiger partial charge in [-0.05, 0) is 45.8 Å². The van der Waals surface area contributed by atoms with Gasteiger partial charge in [0.2, 0.25) is 0 Å². The third-order valence-corrected chi connectivity index (χ3v) is 2.97. The second-order valence-electron chi connectivity index (χ2n) is 3.73. The van der Waals surface area contributed by atoms with Crippen LogP contribution in [0.15, 0.2) is 59.5 Å². The van der Waals surface area contributed by atoms with Crippen molar-refractivity contribution >= 4 is 34.2 Å². The maximum Gasteiger partial charge on any atom is 0.00463 e. The van der Waals surface area contributed by atoms with E-state index in [4.69, 9.17) is 0 Å². The first-order valence-electron chi connectivity index (χ1n) is 4.94. The van der Waals surface area contributed by atoms with E-state index < -0.39 is 0 Å². The number of thiol groups is 1. The monoisotopic (exact) mass is 210 g/mol. The van der Waals surface area contributed by atoms with Crippen molar-refractivity contribution in [2.75, 3.05) is 0 Å². The minimum Gasteiger partial charge on any atom is -0.143 e. The minimum absolute atomic E-state index is 1.01. The van der Waals surface area contributed by atoms with E-state index in [2.05, 4.69) is 61.2 Å². The Morgan fingerprint density at radius 3 is 1.93 bits per heavy atom. The Hall–Kier alpha value is -1.47. The standard InChI is InChI=1S/C14H10S/c15-14-6-5-12-7-10-3-1-2-4-11(10)8-13(12)9-14/h1-9,15H. The maximum atomic E-state index is 4.35. The van der Waals surface area contributed by atoms with Crippen molar-refractivity contribution in [3.63, 3.8) is 0 Å². The van der Waals surface area contributed by atoms with Crippen molar-refractivity contribution in [1.29, 1.82) is 0 Å². The summed E-state index contributed by atoms with van der Waals surface area (Å²) in [6.45, 7) is 0. The van der Waals surface area contributed by atoms with Gasteiger partial charge in [0, 0.05) is 4.90 Å².